The smallest absolute Gasteiger partial charge is 0.251 e. The molecule has 1 aliphatic carbocycles. The molecule has 1 unspecified atom stereocenters. The van der Waals surface area contributed by atoms with Gasteiger partial charge < -0.3 is 14.8 Å². The third-order valence-corrected chi connectivity index (χ3v) is 8.13. The number of halogens is 1. The van der Waals surface area contributed by atoms with Crippen molar-refractivity contribution in [3.63, 3.8) is 0 Å². The second kappa shape index (κ2) is 13.1. The molecule has 2 aliphatic rings. The van der Waals surface area contributed by atoms with E-state index in [4.69, 9.17) is 0 Å². The van der Waals surface area contributed by atoms with Crippen LogP contribution in [0.3, 0.4) is 0 Å². The fraction of sp³-hybridized carbons (Fsp3) is 0.394. The maximum absolute atomic E-state index is 13.5. The van der Waals surface area contributed by atoms with E-state index in [9.17, 15) is 14.0 Å². The van der Waals surface area contributed by atoms with Crippen LogP contribution in [0, 0.1) is 5.82 Å². The summed E-state index contributed by atoms with van der Waals surface area (Å²) >= 11 is 0. The van der Waals surface area contributed by atoms with E-state index in [0.717, 1.165) is 69.5 Å². The Morgan fingerprint density at radius 1 is 1.02 bits per heavy atom. The van der Waals surface area contributed by atoms with Gasteiger partial charge in [-0.15, -0.1) is 6.58 Å². The highest BCUT2D eigenvalue weighted by atomic mass is 19.1. The molecule has 1 aromatic heterocycles. The van der Waals surface area contributed by atoms with E-state index in [0.29, 0.717) is 23.9 Å². The number of hydrogen-bond donors (Lipinski definition) is 1. The van der Waals surface area contributed by atoms with Crippen LogP contribution in [-0.4, -0.2) is 64.4 Å². The molecular weight excluding hydrogens is 503 g/mol. The van der Waals surface area contributed by atoms with Gasteiger partial charge in [0.25, 0.3) is 5.91 Å². The van der Waals surface area contributed by atoms with Crippen molar-refractivity contribution in [1.29, 1.82) is 0 Å². The van der Waals surface area contributed by atoms with Crippen molar-refractivity contribution in [2.24, 2.45) is 0 Å². The fourth-order valence-electron chi connectivity index (χ4n) is 5.84. The zero-order valence-electron chi connectivity index (χ0n) is 23.1. The van der Waals surface area contributed by atoms with Crippen LogP contribution in [0.5, 0.6) is 0 Å². The highest BCUT2D eigenvalue weighted by Gasteiger charge is 2.42. The number of nitrogens with one attached hydrogen (secondary N) is 1. The molecule has 2 fully saturated rings. The Bertz CT molecular complexity index is 1270. The van der Waals surface area contributed by atoms with Crippen LogP contribution in [0.15, 0.2) is 85.7 Å². The molecule has 0 spiro atoms. The molecular formula is C33H39FN4O2. The number of rotatable bonds is 12. The maximum atomic E-state index is 13.5. The Hall–Kier alpha value is -3.71. The number of nitrogens with zero attached hydrogens (tertiary/aromatic N) is 3. The van der Waals surface area contributed by atoms with Crippen LogP contribution >= 0.6 is 0 Å². The van der Waals surface area contributed by atoms with E-state index in [1.807, 2.05) is 76.5 Å². The summed E-state index contributed by atoms with van der Waals surface area (Å²) in [5.74, 6) is -0.0356. The Labute approximate surface area is 236 Å². The quantitative estimate of drug-likeness (QED) is 0.305. The first-order valence-electron chi connectivity index (χ1n) is 14.5. The Balaban J connectivity index is 1.22. The highest BCUT2D eigenvalue weighted by Crippen LogP contribution is 2.44. The van der Waals surface area contributed by atoms with E-state index >= 15 is 0 Å². The third-order valence-electron chi connectivity index (χ3n) is 8.13. The molecule has 3 atom stereocenters. The summed E-state index contributed by atoms with van der Waals surface area (Å²) in [7, 11) is 0. The highest BCUT2D eigenvalue weighted by molar-refractivity contribution is 5.97. The van der Waals surface area contributed by atoms with Gasteiger partial charge in [-0.1, -0.05) is 18.2 Å². The second-order valence-corrected chi connectivity index (χ2v) is 10.9. The minimum atomic E-state index is -0.563. The van der Waals surface area contributed by atoms with Gasteiger partial charge in [0.15, 0.2) is 0 Å². The van der Waals surface area contributed by atoms with E-state index in [1.165, 1.54) is 12.1 Å². The van der Waals surface area contributed by atoms with Gasteiger partial charge in [-0.2, -0.15) is 0 Å². The Morgan fingerprint density at radius 2 is 1.73 bits per heavy atom. The standard InChI is InChI=1S/C33H39FN4O2/c1-2-18-37(31-24-29(31)25-10-14-27(34)15-11-25)23-8-9-30(33(40)38-21-4-3-5-22-38)35-32(39)26-12-16-28(17-13-26)36-19-6-7-20-36/h2,6-7,10-17,19-20,29-31H,1,3-5,8-9,18,21-24H2,(H,35,39)/t29-,30-,31?/m0/s1. The minimum absolute atomic E-state index is 0.0166. The minimum Gasteiger partial charge on any atom is -0.341 e. The third kappa shape index (κ3) is 6.89. The van der Waals surface area contributed by atoms with Gasteiger partial charge in [0.2, 0.25) is 5.91 Å². The maximum Gasteiger partial charge on any atom is 0.251 e. The van der Waals surface area contributed by atoms with Crippen molar-refractivity contribution in [2.45, 2.75) is 56.5 Å². The van der Waals surface area contributed by atoms with Crippen LogP contribution in [0.4, 0.5) is 4.39 Å². The normalized spacial score (nSPS) is 19.3. The molecule has 7 heteroatoms. The predicted molar refractivity (Wildman–Crippen MR) is 156 cm³/mol. The summed E-state index contributed by atoms with van der Waals surface area (Å²) in [6, 6.07) is 18.0. The first-order valence-corrected chi connectivity index (χ1v) is 14.5. The molecule has 6 nitrogen and oxygen atoms in total. The molecule has 2 heterocycles. The number of carbonyl (C=O) groups excluding carboxylic acids is 2. The molecule has 210 valence electrons. The lowest BCUT2D eigenvalue weighted by atomic mass is 10.1. The molecule has 40 heavy (non-hydrogen) atoms. The van der Waals surface area contributed by atoms with Crippen molar-refractivity contribution in [3.8, 4) is 5.69 Å². The number of aromatic nitrogens is 1. The van der Waals surface area contributed by atoms with E-state index in [2.05, 4.69) is 16.8 Å². The van der Waals surface area contributed by atoms with Gasteiger partial charge in [-0.05, 0) is 99.2 Å². The fourth-order valence-corrected chi connectivity index (χ4v) is 5.84. The number of benzene rings is 2. The van der Waals surface area contributed by atoms with Crippen LogP contribution in [0.2, 0.25) is 0 Å². The molecule has 2 aromatic carbocycles. The number of hydrogen-bond acceptors (Lipinski definition) is 3. The summed E-state index contributed by atoms with van der Waals surface area (Å²) in [6.45, 7) is 7.00. The summed E-state index contributed by atoms with van der Waals surface area (Å²) in [6.07, 6.45) is 11.4. The molecule has 1 saturated heterocycles. The van der Waals surface area contributed by atoms with Crippen molar-refractivity contribution < 1.29 is 14.0 Å². The molecule has 1 aliphatic heterocycles. The lowest BCUT2D eigenvalue weighted by Gasteiger charge is -2.31. The molecule has 2 amide bonds. The van der Waals surface area contributed by atoms with Crippen LogP contribution in [0.1, 0.15) is 60.4 Å². The van der Waals surface area contributed by atoms with Crippen molar-refractivity contribution in [2.75, 3.05) is 26.2 Å². The van der Waals surface area contributed by atoms with Crippen LogP contribution in [-0.2, 0) is 4.79 Å². The van der Waals surface area contributed by atoms with Gasteiger partial charge in [0.05, 0.1) is 0 Å². The zero-order valence-corrected chi connectivity index (χ0v) is 23.1. The topological polar surface area (TPSA) is 57.6 Å². The Morgan fingerprint density at radius 3 is 2.40 bits per heavy atom. The van der Waals surface area contributed by atoms with Crippen molar-refractivity contribution in [3.05, 3.63) is 103 Å². The van der Waals surface area contributed by atoms with E-state index < -0.39 is 6.04 Å². The second-order valence-electron chi connectivity index (χ2n) is 10.9. The summed E-state index contributed by atoms with van der Waals surface area (Å²) in [5, 5.41) is 3.06. The average molecular weight is 543 g/mol. The number of likely N-dealkylation sites (tertiary alicyclic amines) is 1. The monoisotopic (exact) mass is 542 g/mol. The SMILES string of the molecule is C=CCN(CCC[C@H](NC(=O)c1ccc(-n2cccc2)cc1)C(=O)N1CCCCC1)C1C[C@H]1c1ccc(F)cc1. The zero-order chi connectivity index (χ0) is 27.9. The number of amides is 2. The first-order chi connectivity index (χ1) is 19.5. The van der Waals surface area contributed by atoms with Gasteiger partial charge in [-0.3, -0.25) is 14.5 Å². The summed E-state index contributed by atoms with van der Waals surface area (Å²) < 4.78 is 15.4. The van der Waals surface area contributed by atoms with E-state index in [1.54, 1.807) is 0 Å². The molecule has 0 radical (unpaired) electrons. The predicted octanol–water partition coefficient (Wildman–Crippen LogP) is 5.55. The van der Waals surface area contributed by atoms with Gasteiger partial charge in [-0.25, -0.2) is 4.39 Å². The van der Waals surface area contributed by atoms with Crippen molar-refractivity contribution >= 4 is 11.8 Å². The molecule has 1 saturated carbocycles. The van der Waals surface area contributed by atoms with Crippen LogP contribution in [0.25, 0.3) is 5.69 Å². The van der Waals surface area contributed by atoms with Gasteiger partial charge in [0.1, 0.15) is 11.9 Å². The number of carbonyl (C=O) groups is 2. The molecule has 5 rings (SSSR count). The molecule has 3 aromatic rings. The molecule has 1 N–H and O–H groups in total. The van der Waals surface area contributed by atoms with Crippen molar-refractivity contribution in [1.82, 2.24) is 19.7 Å². The first kappa shape index (κ1) is 27.8. The number of piperidine rings is 1. The molecule has 0 bridgehead atoms. The van der Waals surface area contributed by atoms with Crippen LogP contribution < -0.4 is 5.32 Å². The van der Waals surface area contributed by atoms with Gasteiger partial charge in [0, 0.05) is 55.2 Å². The summed E-state index contributed by atoms with van der Waals surface area (Å²) in [4.78, 5) is 31.1. The van der Waals surface area contributed by atoms with E-state index in [-0.39, 0.29) is 17.6 Å². The largest absolute Gasteiger partial charge is 0.341 e. The average Bonchev–Trinajstić information content (AvgIpc) is 3.59. The van der Waals surface area contributed by atoms with Gasteiger partial charge >= 0.3 is 0 Å². The Kier molecular flexibility index (Phi) is 9.12. The lowest BCUT2D eigenvalue weighted by Crippen LogP contribution is -2.50. The lowest BCUT2D eigenvalue weighted by molar-refractivity contribution is -0.134. The summed E-state index contributed by atoms with van der Waals surface area (Å²) in [5.41, 5.74) is 2.68.